The van der Waals surface area contributed by atoms with Crippen molar-refractivity contribution in [1.82, 2.24) is 0 Å². The first-order valence-corrected chi connectivity index (χ1v) is 11.8. The lowest BCUT2D eigenvalue weighted by atomic mass is 9.79. The second-order valence-electron chi connectivity index (χ2n) is 8.41. The van der Waals surface area contributed by atoms with Crippen LogP contribution in [0.2, 0.25) is 0 Å². The third-order valence-electron chi connectivity index (χ3n) is 5.34. The SMILES string of the molecule is C=C(C)C(=C)c1cccc(C)c1C.CC.CC(C)=CN.CCCC(C)(CC)CCC. The second kappa shape index (κ2) is 19.2. The Morgan fingerprint density at radius 3 is 1.70 bits per heavy atom. The van der Waals surface area contributed by atoms with Crippen molar-refractivity contribution in [3.05, 3.63) is 65.4 Å². The van der Waals surface area contributed by atoms with E-state index in [0.29, 0.717) is 5.41 Å². The zero-order valence-corrected chi connectivity index (χ0v) is 22.3. The first-order valence-electron chi connectivity index (χ1n) is 11.8. The Kier molecular flexibility index (Phi) is 21.1. The van der Waals surface area contributed by atoms with Crippen LogP contribution in [-0.2, 0) is 0 Å². The van der Waals surface area contributed by atoms with Crippen LogP contribution in [0.1, 0.15) is 111 Å². The van der Waals surface area contributed by atoms with Crippen molar-refractivity contribution in [3.63, 3.8) is 0 Å². The molecule has 0 radical (unpaired) electrons. The molecule has 0 aliphatic heterocycles. The molecule has 0 saturated carbocycles. The summed E-state index contributed by atoms with van der Waals surface area (Å²) in [6.45, 7) is 31.4. The quantitative estimate of drug-likeness (QED) is 0.440. The predicted octanol–water partition coefficient (Wildman–Crippen LogP) is 9.79. The van der Waals surface area contributed by atoms with Crippen molar-refractivity contribution in [2.24, 2.45) is 11.1 Å². The molecule has 0 amide bonds. The van der Waals surface area contributed by atoms with E-state index in [9.17, 15) is 0 Å². The molecule has 0 bridgehead atoms. The van der Waals surface area contributed by atoms with Crippen LogP contribution in [0.4, 0.5) is 0 Å². The lowest BCUT2D eigenvalue weighted by Gasteiger charge is -2.27. The Labute approximate surface area is 190 Å². The fourth-order valence-corrected chi connectivity index (χ4v) is 2.99. The molecule has 0 aliphatic rings. The van der Waals surface area contributed by atoms with Crippen molar-refractivity contribution >= 4 is 5.57 Å². The lowest BCUT2D eigenvalue weighted by molar-refractivity contribution is 0.255. The average molecular weight is 416 g/mol. The van der Waals surface area contributed by atoms with E-state index in [1.54, 1.807) is 6.20 Å². The van der Waals surface area contributed by atoms with Crippen LogP contribution in [-0.4, -0.2) is 0 Å². The maximum atomic E-state index is 5.01. The zero-order valence-electron chi connectivity index (χ0n) is 22.3. The maximum Gasteiger partial charge on any atom is -0.00761 e. The molecule has 0 unspecified atom stereocenters. The van der Waals surface area contributed by atoms with Gasteiger partial charge >= 0.3 is 0 Å². The fraction of sp³-hybridized carbons (Fsp3) is 0.586. The second-order valence-corrected chi connectivity index (χ2v) is 8.41. The molecule has 1 heteroatoms. The summed E-state index contributed by atoms with van der Waals surface area (Å²) in [5, 5.41) is 0. The molecule has 0 spiro atoms. The van der Waals surface area contributed by atoms with E-state index in [1.165, 1.54) is 48.8 Å². The summed E-state index contributed by atoms with van der Waals surface area (Å²) in [4.78, 5) is 0. The minimum atomic E-state index is 0.642. The van der Waals surface area contributed by atoms with Crippen molar-refractivity contribution in [2.75, 3.05) is 0 Å². The Hall–Kier alpha value is -1.76. The van der Waals surface area contributed by atoms with E-state index in [1.807, 2.05) is 34.6 Å². The highest BCUT2D eigenvalue weighted by molar-refractivity contribution is 5.78. The molecule has 1 aromatic rings. The first kappa shape index (κ1) is 32.9. The number of aryl methyl sites for hydroxylation is 1. The molecule has 30 heavy (non-hydrogen) atoms. The van der Waals surface area contributed by atoms with Gasteiger partial charge in [0, 0.05) is 0 Å². The smallest absolute Gasteiger partial charge is 0.00761 e. The molecule has 1 rings (SSSR count). The molecular formula is C29H53N. The largest absolute Gasteiger partial charge is 0.405 e. The third-order valence-corrected chi connectivity index (χ3v) is 5.34. The molecule has 0 fully saturated rings. The van der Waals surface area contributed by atoms with Gasteiger partial charge < -0.3 is 5.73 Å². The molecular weight excluding hydrogens is 362 g/mol. The monoisotopic (exact) mass is 415 g/mol. The van der Waals surface area contributed by atoms with Gasteiger partial charge in [0.2, 0.25) is 0 Å². The summed E-state index contributed by atoms with van der Waals surface area (Å²) in [6, 6.07) is 6.27. The van der Waals surface area contributed by atoms with Crippen molar-refractivity contribution < 1.29 is 0 Å². The number of allylic oxidation sites excluding steroid dienone is 3. The fourth-order valence-electron chi connectivity index (χ4n) is 2.99. The van der Waals surface area contributed by atoms with Gasteiger partial charge in [-0.2, -0.15) is 0 Å². The summed E-state index contributed by atoms with van der Waals surface area (Å²) in [5.41, 5.74) is 12.7. The van der Waals surface area contributed by atoms with E-state index >= 15 is 0 Å². The standard InChI is InChI=1S/C13H16.C10H22.C4H9N.C2H6/c1-9(2)11(4)13-8-6-7-10(3)12(13)5;1-5-8-10(4,7-3)9-6-2;1-4(2)3-5;1-2/h6-8H,1,4H2,2-3,5H3;5-9H2,1-4H3;3H,5H2,1-2H3;1-2H3. The third kappa shape index (κ3) is 15.1. The van der Waals surface area contributed by atoms with Gasteiger partial charge in [-0.15, -0.1) is 0 Å². The van der Waals surface area contributed by atoms with E-state index in [0.717, 1.165) is 16.7 Å². The van der Waals surface area contributed by atoms with Crippen LogP contribution in [0.15, 0.2) is 48.7 Å². The van der Waals surface area contributed by atoms with Gasteiger partial charge in [0.15, 0.2) is 0 Å². The minimum Gasteiger partial charge on any atom is -0.405 e. The number of nitrogens with two attached hydrogens (primary N) is 1. The predicted molar refractivity (Wildman–Crippen MR) is 143 cm³/mol. The van der Waals surface area contributed by atoms with Crippen molar-refractivity contribution in [3.8, 4) is 0 Å². The molecule has 1 nitrogen and oxygen atoms in total. The molecule has 1 aromatic carbocycles. The molecule has 0 aromatic heterocycles. The number of hydrogen-bond donors (Lipinski definition) is 1. The Morgan fingerprint density at radius 1 is 0.967 bits per heavy atom. The number of hydrogen-bond acceptors (Lipinski definition) is 1. The van der Waals surface area contributed by atoms with Crippen LogP contribution in [0.3, 0.4) is 0 Å². The minimum absolute atomic E-state index is 0.642. The highest BCUT2D eigenvalue weighted by atomic mass is 14.5. The van der Waals surface area contributed by atoms with Gasteiger partial charge in [0.05, 0.1) is 0 Å². The molecule has 0 aliphatic carbocycles. The highest BCUT2D eigenvalue weighted by Gasteiger charge is 2.18. The summed E-state index contributed by atoms with van der Waals surface area (Å²) in [7, 11) is 0. The van der Waals surface area contributed by atoms with Gasteiger partial charge in [-0.05, 0) is 81.3 Å². The van der Waals surface area contributed by atoms with Gasteiger partial charge in [0.25, 0.3) is 0 Å². The molecule has 0 saturated heterocycles. The Balaban J connectivity index is -0.000000381. The van der Waals surface area contributed by atoms with Crippen molar-refractivity contribution in [1.29, 1.82) is 0 Å². The molecule has 174 valence electrons. The molecule has 0 heterocycles. The van der Waals surface area contributed by atoms with Crippen LogP contribution in [0.25, 0.3) is 5.57 Å². The van der Waals surface area contributed by atoms with E-state index < -0.39 is 0 Å². The molecule has 2 N–H and O–H groups in total. The van der Waals surface area contributed by atoms with Gasteiger partial charge in [-0.1, -0.05) is 103 Å². The zero-order chi connectivity index (χ0) is 24.3. The maximum absolute atomic E-state index is 5.01. The van der Waals surface area contributed by atoms with E-state index in [-0.39, 0.29) is 0 Å². The first-order chi connectivity index (χ1) is 14.0. The van der Waals surface area contributed by atoms with Crippen LogP contribution in [0, 0.1) is 19.3 Å². The average Bonchev–Trinajstić information content (AvgIpc) is 2.72. The van der Waals surface area contributed by atoms with E-state index in [2.05, 4.69) is 72.9 Å². The summed E-state index contributed by atoms with van der Waals surface area (Å²) >= 11 is 0. The van der Waals surface area contributed by atoms with Crippen LogP contribution >= 0.6 is 0 Å². The van der Waals surface area contributed by atoms with Crippen LogP contribution in [0.5, 0.6) is 0 Å². The lowest BCUT2D eigenvalue weighted by Crippen LogP contribution is -2.13. The van der Waals surface area contributed by atoms with E-state index in [4.69, 9.17) is 5.73 Å². The van der Waals surface area contributed by atoms with Gasteiger partial charge in [0.1, 0.15) is 0 Å². The summed E-state index contributed by atoms with van der Waals surface area (Å²) in [6.07, 6.45) is 8.40. The summed E-state index contributed by atoms with van der Waals surface area (Å²) < 4.78 is 0. The number of benzene rings is 1. The normalized spacial score (nSPS) is 9.57. The summed E-state index contributed by atoms with van der Waals surface area (Å²) in [5.74, 6) is 0. The molecule has 0 atom stereocenters. The van der Waals surface area contributed by atoms with Crippen LogP contribution < -0.4 is 5.73 Å². The van der Waals surface area contributed by atoms with Gasteiger partial charge in [-0.25, -0.2) is 0 Å². The highest BCUT2D eigenvalue weighted by Crippen LogP contribution is 2.32. The number of rotatable bonds is 7. The van der Waals surface area contributed by atoms with Gasteiger partial charge in [-0.3, -0.25) is 0 Å². The van der Waals surface area contributed by atoms with Crippen molar-refractivity contribution in [2.45, 2.75) is 108 Å². The topological polar surface area (TPSA) is 26.0 Å². The Morgan fingerprint density at radius 2 is 1.40 bits per heavy atom. The Bertz CT molecular complexity index is 609.